The van der Waals surface area contributed by atoms with Gasteiger partial charge in [0.05, 0.1) is 12.7 Å². The van der Waals surface area contributed by atoms with Crippen LogP contribution in [0.5, 0.6) is 0 Å². The lowest BCUT2D eigenvalue weighted by Gasteiger charge is -2.33. The minimum atomic E-state index is 0.267. The standard InChI is InChI=1S/C11H15NO/c12-10-6-7-11(10)13-8-9-4-2-1-3-5-9/h1-5,10-11H,6-8,12H2/t10-,11-/m0/s1. The van der Waals surface area contributed by atoms with Gasteiger partial charge in [-0.3, -0.25) is 0 Å². The summed E-state index contributed by atoms with van der Waals surface area (Å²) in [6.07, 6.45) is 2.52. The van der Waals surface area contributed by atoms with Crippen molar-refractivity contribution >= 4 is 0 Å². The van der Waals surface area contributed by atoms with Gasteiger partial charge in [-0.2, -0.15) is 0 Å². The fourth-order valence-electron chi connectivity index (χ4n) is 1.48. The zero-order valence-corrected chi connectivity index (χ0v) is 7.65. The highest BCUT2D eigenvalue weighted by Gasteiger charge is 2.27. The summed E-state index contributed by atoms with van der Waals surface area (Å²) in [5.74, 6) is 0. The molecule has 1 aromatic rings. The van der Waals surface area contributed by atoms with Crippen molar-refractivity contribution in [3.8, 4) is 0 Å². The molecular formula is C11H15NO. The van der Waals surface area contributed by atoms with Gasteiger partial charge in [-0.15, -0.1) is 0 Å². The topological polar surface area (TPSA) is 35.2 Å². The zero-order chi connectivity index (χ0) is 9.10. The van der Waals surface area contributed by atoms with Crippen LogP contribution < -0.4 is 5.73 Å². The maximum atomic E-state index is 5.76. The van der Waals surface area contributed by atoms with Crippen LogP contribution in [0.1, 0.15) is 18.4 Å². The average Bonchev–Trinajstić information content (AvgIpc) is 2.17. The summed E-state index contributed by atoms with van der Waals surface area (Å²) >= 11 is 0. The molecule has 0 aliphatic heterocycles. The molecule has 2 atom stereocenters. The van der Waals surface area contributed by atoms with Crippen molar-refractivity contribution in [3.63, 3.8) is 0 Å². The summed E-state index contributed by atoms with van der Waals surface area (Å²) < 4.78 is 5.65. The van der Waals surface area contributed by atoms with Crippen LogP contribution in [-0.4, -0.2) is 12.1 Å². The lowest BCUT2D eigenvalue weighted by Crippen LogP contribution is -2.45. The van der Waals surface area contributed by atoms with Crippen molar-refractivity contribution in [2.24, 2.45) is 5.73 Å². The second-order valence-electron chi connectivity index (χ2n) is 3.58. The minimum absolute atomic E-state index is 0.267. The Bertz CT molecular complexity index is 260. The number of benzene rings is 1. The van der Waals surface area contributed by atoms with Gasteiger partial charge in [-0.05, 0) is 18.4 Å². The zero-order valence-electron chi connectivity index (χ0n) is 7.65. The highest BCUT2D eigenvalue weighted by Crippen LogP contribution is 2.22. The van der Waals surface area contributed by atoms with Crippen LogP contribution >= 0.6 is 0 Å². The molecule has 2 heteroatoms. The predicted molar refractivity (Wildman–Crippen MR) is 52.2 cm³/mol. The van der Waals surface area contributed by atoms with Gasteiger partial charge in [0.15, 0.2) is 0 Å². The average molecular weight is 177 g/mol. The highest BCUT2D eigenvalue weighted by atomic mass is 16.5. The number of hydrogen-bond acceptors (Lipinski definition) is 2. The molecule has 13 heavy (non-hydrogen) atoms. The van der Waals surface area contributed by atoms with Crippen LogP contribution in [-0.2, 0) is 11.3 Å². The molecule has 0 spiro atoms. The van der Waals surface area contributed by atoms with Crippen LogP contribution in [0.2, 0.25) is 0 Å². The summed E-state index contributed by atoms with van der Waals surface area (Å²) in [5.41, 5.74) is 6.99. The first-order chi connectivity index (χ1) is 6.36. The van der Waals surface area contributed by atoms with E-state index < -0.39 is 0 Å². The number of ether oxygens (including phenoxy) is 1. The van der Waals surface area contributed by atoms with Gasteiger partial charge in [-0.1, -0.05) is 30.3 Å². The first kappa shape index (κ1) is 8.73. The van der Waals surface area contributed by atoms with E-state index in [1.165, 1.54) is 5.56 Å². The van der Waals surface area contributed by atoms with Crippen molar-refractivity contribution in [2.45, 2.75) is 31.6 Å². The maximum Gasteiger partial charge on any atom is 0.0731 e. The molecule has 0 radical (unpaired) electrons. The van der Waals surface area contributed by atoms with Crippen LogP contribution in [0.4, 0.5) is 0 Å². The smallest absolute Gasteiger partial charge is 0.0731 e. The first-order valence-electron chi connectivity index (χ1n) is 4.77. The maximum absolute atomic E-state index is 5.76. The van der Waals surface area contributed by atoms with Crippen LogP contribution in [0.3, 0.4) is 0 Å². The van der Waals surface area contributed by atoms with Gasteiger partial charge in [0.2, 0.25) is 0 Å². The van der Waals surface area contributed by atoms with E-state index in [9.17, 15) is 0 Å². The summed E-state index contributed by atoms with van der Waals surface area (Å²) in [6.45, 7) is 0.694. The van der Waals surface area contributed by atoms with E-state index in [2.05, 4.69) is 12.1 Å². The van der Waals surface area contributed by atoms with E-state index in [1.54, 1.807) is 0 Å². The molecule has 0 unspecified atom stereocenters. The van der Waals surface area contributed by atoms with Gasteiger partial charge in [0.25, 0.3) is 0 Å². The summed E-state index contributed by atoms with van der Waals surface area (Å²) in [6, 6.07) is 10.5. The lowest BCUT2D eigenvalue weighted by atomic mass is 9.90. The Morgan fingerprint density at radius 2 is 2.00 bits per heavy atom. The second kappa shape index (κ2) is 3.90. The Balaban J connectivity index is 1.80. The fraction of sp³-hybridized carbons (Fsp3) is 0.455. The third kappa shape index (κ3) is 2.08. The monoisotopic (exact) mass is 177 g/mol. The molecule has 2 nitrogen and oxygen atoms in total. The number of hydrogen-bond donors (Lipinski definition) is 1. The molecule has 1 aliphatic rings. The molecule has 2 N–H and O–H groups in total. The van der Waals surface area contributed by atoms with Gasteiger partial charge in [-0.25, -0.2) is 0 Å². The molecule has 1 aliphatic carbocycles. The molecule has 0 heterocycles. The highest BCUT2D eigenvalue weighted by molar-refractivity contribution is 5.13. The second-order valence-corrected chi connectivity index (χ2v) is 3.58. The first-order valence-corrected chi connectivity index (χ1v) is 4.77. The van der Waals surface area contributed by atoms with Crippen molar-refractivity contribution in [2.75, 3.05) is 0 Å². The van der Waals surface area contributed by atoms with E-state index in [0.717, 1.165) is 12.8 Å². The molecule has 70 valence electrons. The molecular weight excluding hydrogens is 162 g/mol. The predicted octanol–water partition coefficient (Wildman–Crippen LogP) is 1.69. The van der Waals surface area contributed by atoms with Crippen LogP contribution in [0, 0.1) is 0 Å². The van der Waals surface area contributed by atoms with E-state index in [0.29, 0.717) is 12.7 Å². The summed E-state index contributed by atoms with van der Waals surface area (Å²) in [5, 5.41) is 0. The van der Waals surface area contributed by atoms with Gasteiger partial charge < -0.3 is 10.5 Å². The third-order valence-corrected chi connectivity index (χ3v) is 2.57. The van der Waals surface area contributed by atoms with Crippen LogP contribution in [0.15, 0.2) is 30.3 Å². The molecule has 0 amide bonds. The normalized spacial score (nSPS) is 26.8. The summed E-state index contributed by atoms with van der Waals surface area (Å²) in [4.78, 5) is 0. The van der Waals surface area contributed by atoms with E-state index >= 15 is 0 Å². The van der Waals surface area contributed by atoms with Gasteiger partial charge >= 0.3 is 0 Å². The quantitative estimate of drug-likeness (QED) is 0.762. The number of nitrogens with two attached hydrogens (primary N) is 1. The molecule has 1 fully saturated rings. The van der Waals surface area contributed by atoms with Crippen LogP contribution in [0.25, 0.3) is 0 Å². The van der Waals surface area contributed by atoms with E-state index in [1.807, 2.05) is 18.2 Å². The Labute approximate surface area is 78.7 Å². The molecule has 0 bridgehead atoms. The van der Waals surface area contributed by atoms with Crippen molar-refractivity contribution < 1.29 is 4.74 Å². The van der Waals surface area contributed by atoms with Gasteiger partial charge in [0, 0.05) is 6.04 Å². The van der Waals surface area contributed by atoms with Crippen molar-refractivity contribution in [3.05, 3.63) is 35.9 Å². The Morgan fingerprint density at radius 1 is 1.23 bits per heavy atom. The third-order valence-electron chi connectivity index (χ3n) is 2.57. The molecule has 1 saturated carbocycles. The Hall–Kier alpha value is -0.860. The van der Waals surface area contributed by atoms with Gasteiger partial charge in [0.1, 0.15) is 0 Å². The number of rotatable bonds is 3. The lowest BCUT2D eigenvalue weighted by molar-refractivity contribution is -0.0245. The minimum Gasteiger partial charge on any atom is -0.372 e. The Kier molecular flexibility index (Phi) is 2.62. The molecule has 0 aromatic heterocycles. The van der Waals surface area contributed by atoms with E-state index in [4.69, 9.17) is 10.5 Å². The Morgan fingerprint density at radius 3 is 2.54 bits per heavy atom. The SMILES string of the molecule is N[C@H]1CC[C@@H]1OCc1ccccc1. The molecule has 1 aromatic carbocycles. The van der Waals surface area contributed by atoms with E-state index in [-0.39, 0.29) is 6.04 Å². The van der Waals surface area contributed by atoms with Crippen molar-refractivity contribution in [1.29, 1.82) is 0 Å². The molecule has 0 saturated heterocycles. The largest absolute Gasteiger partial charge is 0.372 e. The van der Waals surface area contributed by atoms with Crippen molar-refractivity contribution in [1.82, 2.24) is 0 Å². The summed E-state index contributed by atoms with van der Waals surface area (Å²) in [7, 11) is 0. The fourth-order valence-corrected chi connectivity index (χ4v) is 1.48. The molecule has 2 rings (SSSR count).